The van der Waals surface area contributed by atoms with Crippen LogP contribution in [0.5, 0.6) is 0 Å². The van der Waals surface area contributed by atoms with E-state index >= 15 is 0 Å². The van der Waals surface area contributed by atoms with Crippen molar-refractivity contribution in [2.45, 2.75) is 6.92 Å². The van der Waals surface area contributed by atoms with E-state index in [1.54, 1.807) is 13.0 Å². The van der Waals surface area contributed by atoms with Gasteiger partial charge in [-0.3, -0.25) is 0 Å². The Kier molecular flexibility index (Phi) is 4.81. The maximum Gasteiger partial charge on any atom is 0.350 e. The van der Waals surface area contributed by atoms with Gasteiger partial charge in [0.25, 0.3) is 0 Å². The largest absolute Gasteiger partial charge is 0.462 e. The number of carbonyl (C=O) groups is 1. The molecule has 0 spiro atoms. The van der Waals surface area contributed by atoms with Crippen molar-refractivity contribution in [2.24, 2.45) is 0 Å². The van der Waals surface area contributed by atoms with Crippen molar-refractivity contribution >= 4 is 11.7 Å². The van der Waals surface area contributed by atoms with Crippen LogP contribution in [0.15, 0.2) is 30.0 Å². The lowest BCUT2D eigenvalue weighted by molar-refractivity contribution is -0.138. The van der Waals surface area contributed by atoms with Gasteiger partial charge in [-0.25, -0.2) is 13.6 Å². The average Bonchev–Trinajstić information content (AvgIpc) is 2.33. The topological polar surface area (TPSA) is 62.1 Å². The van der Waals surface area contributed by atoms with Crippen LogP contribution in [0.2, 0.25) is 0 Å². The zero-order chi connectivity index (χ0) is 13.5. The predicted octanol–water partition coefficient (Wildman–Crippen LogP) is 2.35. The van der Waals surface area contributed by atoms with E-state index < -0.39 is 23.3 Å². The molecule has 0 atom stereocenters. The number of nitrogens with zero attached hydrogens (tertiary/aromatic N) is 1. The number of ether oxygens (including phenoxy) is 1. The van der Waals surface area contributed by atoms with Gasteiger partial charge in [-0.05, 0) is 19.1 Å². The molecule has 0 aliphatic rings. The Hall–Kier alpha value is -2.42. The van der Waals surface area contributed by atoms with Gasteiger partial charge >= 0.3 is 5.97 Å². The Labute approximate surface area is 102 Å². The summed E-state index contributed by atoms with van der Waals surface area (Å²) < 4.78 is 31.0. The number of hydrogen-bond acceptors (Lipinski definition) is 4. The highest BCUT2D eigenvalue weighted by molar-refractivity contribution is 5.93. The van der Waals surface area contributed by atoms with E-state index in [1.165, 1.54) is 6.07 Å². The number of nitrogens with one attached hydrogen (secondary N) is 1. The molecule has 0 amide bonds. The lowest BCUT2D eigenvalue weighted by Gasteiger charge is -2.05. The minimum atomic E-state index is -0.857. The maximum atomic E-state index is 13.2. The van der Waals surface area contributed by atoms with Crippen molar-refractivity contribution in [3.8, 4) is 6.07 Å². The molecule has 0 aliphatic carbocycles. The van der Waals surface area contributed by atoms with Gasteiger partial charge in [0.15, 0.2) is 5.57 Å². The van der Waals surface area contributed by atoms with Crippen LogP contribution in [-0.4, -0.2) is 12.6 Å². The summed E-state index contributed by atoms with van der Waals surface area (Å²) in [5.74, 6) is -2.51. The first-order valence-corrected chi connectivity index (χ1v) is 5.08. The summed E-state index contributed by atoms with van der Waals surface area (Å²) in [6.07, 6.45) is 0.902. The summed E-state index contributed by atoms with van der Waals surface area (Å²) in [6, 6.07) is 4.88. The molecule has 18 heavy (non-hydrogen) atoms. The molecule has 94 valence electrons. The summed E-state index contributed by atoms with van der Waals surface area (Å²) in [6.45, 7) is 1.68. The third-order valence-electron chi connectivity index (χ3n) is 1.94. The molecule has 0 saturated heterocycles. The zero-order valence-electron chi connectivity index (χ0n) is 9.54. The second-order valence-corrected chi connectivity index (χ2v) is 3.13. The molecule has 0 bridgehead atoms. The summed E-state index contributed by atoms with van der Waals surface area (Å²) in [5.41, 5.74) is -0.811. The molecule has 6 heteroatoms. The van der Waals surface area contributed by atoms with Crippen molar-refractivity contribution in [1.82, 2.24) is 0 Å². The van der Waals surface area contributed by atoms with Gasteiger partial charge in [0.2, 0.25) is 0 Å². The Morgan fingerprint density at radius 3 is 2.61 bits per heavy atom. The van der Waals surface area contributed by atoms with Crippen LogP contribution >= 0.6 is 0 Å². The number of esters is 1. The number of rotatable bonds is 4. The van der Waals surface area contributed by atoms with Crippen molar-refractivity contribution < 1.29 is 18.3 Å². The molecule has 0 fully saturated rings. The highest BCUT2D eigenvalue weighted by Crippen LogP contribution is 2.18. The Morgan fingerprint density at radius 2 is 2.11 bits per heavy atom. The van der Waals surface area contributed by atoms with Gasteiger partial charge in [0.1, 0.15) is 23.4 Å². The van der Waals surface area contributed by atoms with Crippen molar-refractivity contribution in [3.05, 3.63) is 41.6 Å². The minimum Gasteiger partial charge on any atom is -0.462 e. The monoisotopic (exact) mass is 252 g/mol. The number of anilines is 1. The molecule has 0 radical (unpaired) electrons. The number of benzene rings is 1. The van der Waals surface area contributed by atoms with Gasteiger partial charge < -0.3 is 10.1 Å². The molecule has 0 unspecified atom stereocenters. The Morgan fingerprint density at radius 1 is 1.50 bits per heavy atom. The third-order valence-corrected chi connectivity index (χ3v) is 1.94. The zero-order valence-corrected chi connectivity index (χ0v) is 9.54. The summed E-state index contributed by atoms with van der Waals surface area (Å²) in [5, 5.41) is 10.9. The van der Waals surface area contributed by atoms with Crippen LogP contribution < -0.4 is 5.32 Å². The molecular formula is C12H10F2N2O2. The van der Waals surface area contributed by atoms with E-state index in [0.717, 1.165) is 18.3 Å². The van der Waals surface area contributed by atoms with Crippen LogP contribution in [0.4, 0.5) is 14.5 Å². The van der Waals surface area contributed by atoms with Crippen molar-refractivity contribution in [3.63, 3.8) is 0 Å². The molecule has 0 heterocycles. The molecule has 0 aromatic heterocycles. The number of halogens is 2. The highest BCUT2D eigenvalue weighted by atomic mass is 19.1. The predicted molar refractivity (Wildman–Crippen MR) is 60.3 cm³/mol. The van der Waals surface area contributed by atoms with Gasteiger partial charge in [-0.1, -0.05) is 6.07 Å². The van der Waals surface area contributed by atoms with E-state index in [-0.39, 0.29) is 12.2 Å². The molecule has 0 aliphatic heterocycles. The molecule has 0 saturated carbocycles. The fourth-order valence-electron chi connectivity index (χ4n) is 1.13. The summed E-state index contributed by atoms with van der Waals surface area (Å²) in [7, 11) is 0. The smallest absolute Gasteiger partial charge is 0.350 e. The third kappa shape index (κ3) is 3.28. The molecular weight excluding hydrogens is 242 g/mol. The van der Waals surface area contributed by atoms with Gasteiger partial charge in [0, 0.05) is 6.20 Å². The van der Waals surface area contributed by atoms with E-state index in [4.69, 9.17) is 5.26 Å². The lowest BCUT2D eigenvalue weighted by atomic mass is 10.2. The van der Waals surface area contributed by atoms with Gasteiger partial charge in [0.05, 0.1) is 6.61 Å². The minimum absolute atomic E-state index is 0.103. The van der Waals surface area contributed by atoms with Gasteiger partial charge in [-0.15, -0.1) is 0 Å². The van der Waals surface area contributed by atoms with Crippen molar-refractivity contribution in [1.29, 1.82) is 5.26 Å². The van der Waals surface area contributed by atoms with Crippen LogP contribution in [-0.2, 0) is 9.53 Å². The van der Waals surface area contributed by atoms with Gasteiger partial charge in [-0.2, -0.15) is 5.26 Å². The number of nitriles is 1. The first-order valence-electron chi connectivity index (χ1n) is 5.08. The maximum absolute atomic E-state index is 13.2. The van der Waals surface area contributed by atoms with E-state index in [2.05, 4.69) is 10.1 Å². The number of carbonyl (C=O) groups excluding carboxylic acids is 1. The summed E-state index contributed by atoms with van der Waals surface area (Å²) >= 11 is 0. The quantitative estimate of drug-likeness (QED) is 0.507. The van der Waals surface area contributed by atoms with E-state index in [9.17, 15) is 13.6 Å². The number of para-hydroxylation sites is 1. The highest BCUT2D eigenvalue weighted by Gasteiger charge is 2.11. The normalized spacial score (nSPS) is 10.7. The standard InChI is InChI=1S/C12H10F2N2O2/c1-2-18-12(17)8(6-15)7-16-11-9(13)4-3-5-10(11)14/h3-5,7,16H,2H2,1H3/b8-7+. The fraction of sp³-hybridized carbons (Fsp3) is 0.167. The molecule has 4 nitrogen and oxygen atoms in total. The fourth-order valence-corrected chi connectivity index (χ4v) is 1.13. The average molecular weight is 252 g/mol. The second-order valence-electron chi connectivity index (χ2n) is 3.13. The van der Waals surface area contributed by atoms with E-state index in [1.807, 2.05) is 0 Å². The SMILES string of the molecule is CCOC(=O)/C(C#N)=C/Nc1c(F)cccc1F. The van der Waals surface area contributed by atoms with Crippen LogP contribution in [0.1, 0.15) is 6.92 Å². The molecule has 1 aromatic carbocycles. The van der Waals surface area contributed by atoms with Crippen LogP contribution in [0, 0.1) is 23.0 Å². The van der Waals surface area contributed by atoms with Crippen LogP contribution in [0.25, 0.3) is 0 Å². The Bertz CT molecular complexity index is 501. The number of hydrogen-bond donors (Lipinski definition) is 1. The first kappa shape index (κ1) is 13.6. The van der Waals surface area contributed by atoms with E-state index in [0.29, 0.717) is 0 Å². The molecule has 1 aromatic rings. The molecule has 1 N–H and O–H groups in total. The summed E-state index contributed by atoms with van der Waals surface area (Å²) in [4.78, 5) is 11.2. The lowest BCUT2D eigenvalue weighted by Crippen LogP contribution is -2.08. The van der Waals surface area contributed by atoms with Crippen LogP contribution in [0.3, 0.4) is 0 Å². The Balaban J connectivity index is 2.91. The second kappa shape index (κ2) is 6.35. The first-order chi connectivity index (χ1) is 8.60. The molecule has 1 rings (SSSR count). The van der Waals surface area contributed by atoms with Crippen molar-refractivity contribution in [2.75, 3.05) is 11.9 Å².